The van der Waals surface area contributed by atoms with Crippen molar-refractivity contribution in [2.45, 2.75) is 44.4 Å². The zero-order valence-corrected chi connectivity index (χ0v) is 11.4. The maximum Gasteiger partial charge on any atom is 0.237 e. The van der Waals surface area contributed by atoms with Crippen molar-refractivity contribution < 1.29 is 9.53 Å². The number of hydrogen-bond donors (Lipinski definition) is 2. The van der Waals surface area contributed by atoms with Crippen molar-refractivity contribution in [1.82, 2.24) is 5.32 Å². The van der Waals surface area contributed by atoms with Crippen molar-refractivity contribution in [3.05, 3.63) is 35.9 Å². The van der Waals surface area contributed by atoms with Gasteiger partial charge in [0, 0.05) is 19.6 Å². The monoisotopic (exact) mass is 262 g/mol. The predicted molar refractivity (Wildman–Crippen MR) is 74.5 cm³/mol. The molecule has 4 nitrogen and oxygen atoms in total. The van der Waals surface area contributed by atoms with Gasteiger partial charge in [-0.25, -0.2) is 0 Å². The fourth-order valence-corrected chi connectivity index (χ4v) is 2.55. The smallest absolute Gasteiger partial charge is 0.237 e. The van der Waals surface area contributed by atoms with Crippen LogP contribution >= 0.6 is 0 Å². The van der Waals surface area contributed by atoms with Crippen LogP contribution in [-0.2, 0) is 16.1 Å². The van der Waals surface area contributed by atoms with Gasteiger partial charge in [-0.3, -0.25) is 10.1 Å². The highest BCUT2D eigenvalue weighted by Crippen LogP contribution is 2.26. The lowest BCUT2D eigenvalue weighted by atomic mass is 9.85. The lowest BCUT2D eigenvalue weighted by Crippen LogP contribution is -2.59. The molecule has 0 radical (unpaired) electrons. The van der Waals surface area contributed by atoms with Gasteiger partial charge in [-0.1, -0.05) is 37.3 Å². The van der Waals surface area contributed by atoms with E-state index in [1.807, 2.05) is 30.3 Å². The van der Waals surface area contributed by atoms with Gasteiger partial charge in [0.25, 0.3) is 0 Å². The fourth-order valence-electron chi connectivity index (χ4n) is 2.55. The molecule has 3 N–H and O–H groups in total. The number of ether oxygens (including phenoxy) is 1. The first-order valence-electron chi connectivity index (χ1n) is 6.87. The minimum atomic E-state index is -0.630. The molecular weight excluding hydrogens is 240 g/mol. The van der Waals surface area contributed by atoms with Crippen molar-refractivity contribution in [1.29, 1.82) is 0 Å². The molecule has 2 unspecified atom stereocenters. The van der Waals surface area contributed by atoms with Crippen LogP contribution in [0.4, 0.5) is 0 Å². The van der Waals surface area contributed by atoms with Crippen LogP contribution in [0.5, 0.6) is 0 Å². The maximum absolute atomic E-state index is 11.9. The summed E-state index contributed by atoms with van der Waals surface area (Å²) in [6.07, 6.45) is 2.32. The van der Waals surface area contributed by atoms with Crippen molar-refractivity contribution in [2.24, 2.45) is 5.73 Å². The van der Waals surface area contributed by atoms with E-state index in [-0.39, 0.29) is 12.0 Å². The average Bonchev–Trinajstić information content (AvgIpc) is 2.46. The van der Waals surface area contributed by atoms with Gasteiger partial charge in [-0.05, 0) is 18.4 Å². The summed E-state index contributed by atoms with van der Waals surface area (Å²) in [6, 6.07) is 10.0. The van der Waals surface area contributed by atoms with E-state index in [1.165, 1.54) is 0 Å². The molecule has 0 bridgehead atoms. The largest absolute Gasteiger partial charge is 0.378 e. The zero-order valence-electron chi connectivity index (χ0n) is 11.4. The Morgan fingerprint density at radius 2 is 2.21 bits per heavy atom. The summed E-state index contributed by atoms with van der Waals surface area (Å²) in [5.41, 5.74) is 6.15. The molecule has 1 heterocycles. The minimum absolute atomic E-state index is 0.115. The van der Waals surface area contributed by atoms with Crippen molar-refractivity contribution in [3.63, 3.8) is 0 Å². The average molecular weight is 262 g/mol. The molecule has 0 saturated carbocycles. The second-order valence-corrected chi connectivity index (χ2v) is 5.14. The van der Waals surface area contributed by atoms with Gasteiger partial charge in [0.1, 0.15) is 5.54 Å². The SMILES string of the molecule is CCC1CC(NCc2ccccc2)(C(N)=O)CCO1. The third kappa shape index (κ3) is 3.33. The van der Waals surface area contributed by atoms with E-state index in [9.17, 15) is 4.79 Å². The summed E-state index contributed by atoms with van der Waals surface area (Å²) in [4.78, 5) is 11.9. The minimum Gasteiger partial charge on any atom is -0.378 e. The Hall–Kier alpha value is -1.39. The molecule has 0 aliphatic carbocycles. The summed E-state index contributed by atoms with van der Waals surface area (Å²) >= 11 is 0. The van der Waals surface area contributed by atoms with Crippen molar-refractivity contribution in [3.8, 4) is 0 Å². The molecule has 2 atom stereocenters. The van der Waals surface area contributed by atoms with Crippen LogP contribution in [0.3, 0.4) is 0 Å². The first kappa shape index (κ1) is 14.0. The fraction of sp³-hybridized carbons (Fsp3) is 0.533. The van der Waals surface area contributed by atoms with E-state index in [4.69, 9.17) is 10.5 Å². The zero-order chi connectivity index (χ0) is 13.7. The van der Waals surface area contributed by atoms with Crippen LogP contribution < -0.4 is 11.1 Å². The summed E-state index contributed by atoms with van der Waals surface area (Å²) in [5.74, 6) is -0.273. The van der Waals surface area contributed by atoms with Crippen molar-refractivity contribution in [2.75, 3.05) is 6.61 Å². The van der Waals surface area contributed by atoms with Gasteiger partial charge in [0.15, 0.2) is 0 Å². The second kappa shape index (κ2) is 6.17. The Labute approximate surface area is 114 Å². The summed E-state index contributed by atoms with van der Waals surface area (Å²) in [7, 11) is 0. The Balaban J connectivity index is 2.05. The molecule has 2 rings (SSSR count). The van der Waals surface area contributed by atoms with Crippen LogP contribution in [0.25, 0.3) is 0 Å². The van der Waals surface area contributed by atoms with Gasteiger partial charge in [0.05, 0.1) is 6.10 Å². The standard InChI is InChI=1S/C15H22N2O2/c1-2-13-10-15(14(16)18,8-9-19-13)17-11-12-6-4-3-5-7-12/h3-7,13,17H,2,8-11H2,1H3,(H2,16,18). The highest BCUT2D eigenvalue weighted by Gasteiger charge is 2.41. The van der Waals surface area contributed by atoms with Crippen LogP contribution in [0.1, 0.15) is 31.7 Å². The van der Waals surface area contributed by atoms with Crippen LogP contribution in [0.15, 0.2) is 30.3 Å². The Morgan fingerprint density at radius 3 is 2.84 bits per heavy atom. The van der Waals surface area contributed by atoms with Gasteiger partial charge in [-0.2, -0.15) is 0 Å². The van der Waals surface area contributed by atoms with E-state index >= 15 is 0 Å². The van der Waals surface area contributed by atoms with Crippen molar-refractivity contribution >= 4 is 5.91 Å². The van der Waals surface area contributed by atoms with Gasteiger partial charge < -0.3 is 10.5 Å². The topological polar surface area (TPSA) is 64.3 Å². The molecular formula is C15H22N2O2. The molecule has 0 aromatic heterocycles. The molecule has 19 heavy (non-hydrogen) atoms. The number of nitrogens with one attached hydrogen (secondary N) is 1. The molecule has 0 spiro atoms. The molecule has 104 valence electrons. The second-order valence-electron chi connectivity index (χ2n) is 5.14. The molecule has 1 aliphatic heterocycles. The number of amides is 1. The number of rotatable bonds is 5. The lowest BCUT2D eigenvalue weighted by molar-refractivity contribution is -0.131. The number of nitrogens with two attached hydrogens (primary N) is 1. The molecule has 1 aromatic carbocycles. The van der Waals surface area contributed by atoms with E-state index in [2.05, 4.69) is 12.2 Å². The number of carbonyl (C=O) groups is 1. The van der Waals surface area contributed by atoms with Crippen LogP contribution in [0, 0.1) is 0 Å². The van der Waals surface area contributed by atoms with Crippen LogP contribution in [0.2, 0.25) is 0 Å². The third-order valence-corrected chi connectivity index (χ3v) is 3.86. The summed E-state index contributed by atoms with van der Waals surface area (Å²) < 4.78 is 5.64. The number of hydrogen-bond acceptors (Lipinski definition) is 3. The van der Waals surface area contributed by atoms with E-state index in [0.717, 1.165) is 12.0 Å². The molecule has 1 aliphatic rings. The quantitative estimate of drug-likeness (QED) is 0.847. The van der Waals surface area contributed by atoms with E-state index < -0.39 is 5.54 Å². The van der Waals surface area contributed by atoms with Gasteiger partial charge >= 0.3 is 0 Å². The van der Waals surface area contributed by atoms with E-state index in [0.29, 0.717) is 26.0 Å². The summed E-state index contributed by atoms with van der Waals surface area (Å²) in [5, 5.41) is 3.36. The highest BCUT2D eigenvalue weighted by atomic mass is 16.5. The normalized spacial score (nSPS) is 27.1. The molecule has 1 fully saturated rings. The molecule has 1 saturated heterocycles. The van der Waals surface area contributed by atoms with Gasteiger partial charge in [-0.15, -0.1) is 0 Å². The molecule has 1 amide bonds. The Morgan fingerprint density at radius 1 is 1.47 bits per heavy atom. The van der Waals surface area contributed by atoms with E-state index in [1.54, 1.807) is 0 Å². The van der Waals surface area contributed by atoms with Crippen LogP contribution in [-0.4, -0.2) is 24.2 Å². The third-order valence-electron chi connectivity index (χ3n) is 3.86. The number of benzene rings is 1. The first-order chi connectivity index (χ1) is 9.16. The molecule has 4 heteroatoms. The first-order valence-corrected chi connectivity index (χ1v) is 6.87. The Bertz CT molecular complexity index is 421. The predicted octanol–water partition coefficient (Wildman–Crippen LogP) is 1.59. The lowest BCUT2D eigenvalue weighted by Gasteiger charge is -2.39. The maximum atomic E-state index is 11.9. The van der Waals surface area contributed by atoms with Gasteiger partial charge in [0.2, 0.25) is 5.91 Å². The highest BCUT2D eigenvalue weighted by molar-refractivity contribution is 5.84. The molecule has 1 aromatic rings. The Kier molecular flexibility index (Phi) is 4.56. The number of primary amides is 1. The number of carbonyl (C=O) groups excluding carboxylic acids is 1. The summed E-state index contributed by atoms with van der Waals surface area (Å²) in [6.45, 7) is 3.31.